The first-order valence-corrected chi connectivity index (χ1v) is 9.93. The minimum atomic E-state index is -3.72. The smallest absolute Gasteiger partial charge is 0.261 e. The van der Waals surface area contributed by atoms with Crippen LogP contribution >= 0.6 is 0 Å². The number of pyridine rings is 1. The van der Waals surface area contributed by atoms with Crippen LogP contribution in [0.5, 0.6) is 0 Å². The van der Waals surface area contributed by atoms with Gasteiger partial charge in [0.15, 0.2) is 0 Å². The van der Waals surface area contributed by atoms with E-state index in [4.69, 9.17) is 5.73 Å². The maximum Gasteiger partial charge on any atom is 0.261 e. The van der Waals surface area contributed by atoms with Gasteiger partial charge in [0.1, 0.15) is 0 Å². The second kappa shape index (κ2) is 7.43. The number of benzene rings is 1. The largest absolute Gasteiger partial charge is 0.336 e. The summed E-state index contributed by atoms with van der Waals surface area (Å²) < 4.78 is 27.3. The molecule has 26 heavy (non-hydrogen) atoms. The summed E-state index contributed by atoms with van der Waals surface area (Å²) in [6.45, 7) is 3.21. The fourth-order valence-electron chi connectivity index (χ4n) is 3.17. The van der Waals surface area contributed by atoms with E-state index in [1.54, 1.807) is 29.2 Å². The fourth-order valence-corrected chi connectivity index (χ4v) is 4.23. The van der Waals surface area contributed by atoms with Gasteiger partial charge in [-0.25, -0.2) is 8.42 Å². The summed E-state index contributed by atoms with van der Waals surface area (Å²) in [6.07, 6.45) is 3.90. The van der Waals surface area contributed by atoms with Crippen molar-refractivity contribution in [3.05, 3.63) is 54.4 Å². The van der Waals surface area contributed by atoms with Gasteiger partial charge in [-0.2, -0.15) is 0 Å². The molecule has 3 N–H and O–H groups in total. The molecular weight excluding hydrogens is 352 g/mol. The summed E-state index contributed by atoms with van der Waals surface area (Å²) in [4.78, 5) is 18.4. The Morgan fingerprint density at radius 3 is 2.46 bits per heavy atom. The van der Waals surface area contributed by atoms with Crippen molar-refractivity contribution in [1.82, 2.24) is 9.88 Å². The van der Waals surface area contributed by atoms with Gasteiger partial charge >= 0.3 is 0 Å². The molecule has 0 spiro atoms. The molecule has 8 heteroatoms. The molecule has 1 aromatic heterocycles. The molecule has 1 saturated heterocycles. The lowest BCUT2D eigenvalue weighted by atomic mass is 10.1. The molecule has 0 radical (unpaired) electrons. The highest BCUT2D eigenvalue weighted by Gasteiger charge is 2.32. The van der Waals surface area contributed by atoms with Gasteiger partial charge in [-0.15, -0.1) is 0 Å². The number of nitrogens with two attached hydrogens (primary N) is 1. The lowest BCUT2D eigenvalue weighted by molar-refractivity contribution is 0.0743. The van der Waals surface area contributed by atoms with Crippen molar-refractivity contribution in [3.63, 3.8) is 0 Å². The van der Waals surface area contributed by atoms with Crippen LogP contribution in [-0.2, 0) is 10.0 Å². The Morgan fingerprint density at radius 1 is 1.23 bits per heavy atom. The average molecular weight is 374 g/mol. The third-order valence-corrected chi connectivity index (χ3v) is 6.00. The Hall–Kier alpha value is -2.45. The minimum absolute atomic E-state index is 0.0974. The molecule has 1 fully saturated rings. The monoisotopic (exact) mass is 374 g/mol. The Labute approximate surface area is 153 Å². The van der Waals surface area contributed by atoms with Gasteiger partial charge in [-0.3, -0.25) is 14.5 Å². The summed E-state index contributed by atoms with van der Waals surface area (Å²) in [6, 6.07) is 9.25. The van der Waals surface area contributed by atoms with Crippen LogP contribution in [0.4, 0.5) is 5.69 Å². The Bertz CT molecular complexity index is 869. The molecule has 0 saturated carbocycles. The zero-order valence-corrected chi connectivity index (χ0v) is 15.3. The fraction of sp³-hybridized carbons (Fsp3) is 0.333. The lowest BCUT2D eigenvalue weighted by Gasteiger charge is -2.21. The zero-order valence-electron chi connectivity index (χ0n) is 14.5. The van der Waals surface area contributed by atoms with Gasteiger partial charge in [0, 0.05) is 30.5 Å². The summed E-state index contributed by atoms with van der Waals surface area (Å²) in [5, 5.41) is 0. The number of amides is 1. The molecule has 2 unspecified atom stereocenters. The summed E-state index contributed by atoms with van der Waals surface area (Å²) >= 11 is 0. The maximum atomic E-state index is 12.7. The van der Waals surface area contributed by atoms with E-state index in [9.17, 15) is 13.2 Å². The molecule has 3 rings (SSSR count). The molecule has 2 heterocycles. The van der Waals surface area contributed by atoms with Crippen molar-refractivity contribution >= 4 is 21.6 Å². The van der Waals surface area contributed by atoms with Crippen molar-refractivity contribution in [2.24, 2.45) is 11.7 Å². The summed E-state index contributed by atoms with van der Waals surface area (Å²) in [5.74, 6) is 0.220. The predicted octanol–water partition coefficient (Wildman–Crippen LogP) is 1.69. The summed E-state index contributed by atoms with van der Waals surface area (Å²) in [7, 11) is -3.72. The van der Waals surface area contributed by atoms with E-state index < -0.39 is 10.0 Å². The van der Waals surface area contributed by atoms with Crippen LogP contribution in [-0.4, -0.2) is 43.3 Å². The Balaban J connectivity index is 1.75. The molecule has 1 aliphatic heterocycles. The molecule has 2 aromatic rings. The highest BCUT2D eigenvalue weighted by molar-refractivity contribution is 7.92. The number of carbonyl (C=O) groups is 1. The maximum absolute atomic E-state index is 12.7. The topological polar surface area (TPSA) is 105 Å². The van der Waals surface area contributed by atoms with Crippen molar-refractivity contribution < 1.29 is 13.2 Å². The van der Waals surface area contributed by atoms with Crippen LogP contribution in [0.15, 0.2) is 53.7 Å². The van der Waals surface area contributed by atoms with E-state index in [0.29, 0.717) is 30.3 Å². The number of anilines is 1. The molecule has 0 bridgehead atoms. The molecule has 138 valence electrons. The quantitative estimate of drug-likeness (QED) is 0.828. The number of rotatable bonds is 5. The van der Waals surface area contributed by atoms with Crippen LogP contribution in [0.1, 0.15) is 23.7 Å². The van der Waals surface area contributed by atoms with Crippen molar-refractivity contribution in [2.45, 2.75) is 24.3 Å². The van der Waals surface area contributed by atoms with Crippen molar-refractivity contribution in [3.8, 4) is 0 Å². The standard InChI is InChI=1S/C18H22N4O3S/c1-13-10-14(11-19)12-22(13)18(23)15-2-4-17(5-3-15)26(24,25)21-16-6-8-20-9-7-16/h2-9,13-14H,10-12,19H2,1H3,(H,20,21). The number of hydrogen-bond acceptors (Lipinski definition) is 5. The number of carbonyl (C=O) groups excluding carboxylic acids is 1. The van der Waals surface area contributed by atoms with E-state index >= 15 is 0 Å². The van der Waals surface area contributed by atoms with Crippen LogP contribution in [0.25, 0.3) is 0 Å². The number of nitrogens with one attached hydrogen (secondary N) is 1. The van der Waals surface area contributed by atoms with Crippen LogP contribution in [0, 0.1) is 5.92 Å². The van der Waals surface area contributed by atoms with Gasteiger partial charge < -0.3 is 10.6 Å². The second-order valence-corrected chi connectivity index (χ2v) is 8.19. The van der Waals surface area contributed by atoms with Crippen LogP contribution in [0.3, 0.4) is 0 Å². The van der Waals surface area contributed by atoms with Gasteiger partial charge in [0.25, 0.3) is 15.9 Å². The number of nitrogens with zero attached hydrogens (tertiary/aromatic N) is 2. The van der Waals surface area contributed by atoms with Gasteiger partial charge in [-0.1, -0.05) is 0 Å². The first-order chi connectivity index (χ1) is 12.4. The highest BCUT2D eigenvalue weighted by Crippen LogP contribution is 2.24. The van der Waals surface area contributed by atoms with E-state index in [1.165, 1.54) is 24.5 Å². The predicted molar refractivity (Wildman–Crippen MR) is 99.1 cm³/mol. The SMILES string of the molecule is CC1CC(CN)CN1C(=O)c1ccc(S(=O)(=O)Nc2ccncc2)cc1. The molecule has 1 amide bonds. The second-order valence-electron chi connectivity index (χ2n) is 6.51. The molecular formula is C18H22N4O3S. The first kappa shape index (κ1) is 18.3. The van der Waals surface area contributed by atoms with E-state index in [1.807, 2.05) is 6.92 Å². The molecule has 2 atom stereocenters. The lowest BCUT2D eigenvalue weighted by Crippen LogP contribution is -2.34. The van der Waals surface area contributed by atoms with E-state index in [2.05, 4.69) is 9.71 Å². The third kappa shape index (κ3) is 3.86. The Morgan fingerprint density at radius 2 is 1.88 bits per heavy atom. The van der Waals surface area contributed by atoms with Crippen LogP contribution < -0.4 is 10.5 Å². The van der Waals surface area contributed by atoms with Crippen LogP contribution in [0.2, 0.25) is 0 Å². The Kier molecular flexibility index (Phi) is 5.24. The molecule has 1 aromatic carbocycles. The zero-order chi connectivity index (χ0) is 18.7. The molecule has 7 nitrogen and oxygen atoms in total. The molecule has 1 aliphatic rings. The van der Waals surface area contributed by atoms with E-state index in [-0.39, 0.29) is 16.8 Å². The third-order valence-electron chi connectivity index (χ3n) is 4.60. The van der Waals surface area contributed by atoms with Gasteiger partial charge in [0.2, 0.25) is 0 Å². The van der Waals surface area contributed by atoms with Gasteiger partial charge in [-0.05, 0) is 62.2 Å². The average Bonchev–Trinajstić information content (AvgIpc) is 3.02. The van der Waals surface area contributed by atoms with Gasteiger partial charge in [0.05, 0.1) is 10.6 Å². The summed E-state index contributed by atoms with van der Waals surface area (Å²) in [5.41, 5.74) is 6.61. The number of aromatic nitrogens is 1. The normalized spacial score (nSPS) is 20.2. The van der Waals surface area contributed by atoms with Crippen molar-refractivity contribution in [2.75, 3.05) is 17.8 Å². The number of likely N-dealkylation sites (tertiary alicyclic amines) is 1. The first-order valence-electron chi connectivity index (χ1n) is 8.44. The number of sulfonamides is 1. The van der Waals surface area contributed by atoms with E-state index in [0.717, 1.165) is 6.42 Å². The number of hydrogen-bond donors (Lipinski definition) is 2. The van der Waals surface area contributed by atoms with Crippen molar-refractivity contribution in [1.29, 1.82) is 0 Å². The highest BCUT2D eigenvalue weighted by atomic mass is 32.2. The minimum Gasteiger partial charge on any atom is -0.336 e. The molecule has 0 aliphatic carbocycles.